The summed E-state index contributed by atoms with van der Waals surface area (Å²) in [7, 11) is -0.118. The number of hydrogen-bond acceptors (Lipinski definition) is 14. The number of halogens is 1. The molecule has 18 aromatic rings. The molecular weight excluding hydrogens is 1860 g/mol. The van der Waals surface area contributed by atoms with E-state index >= 15 is 0 Å². The molecule has 0 amide bonds. The topological polar surface area (TPSA) is 188 Å². The second-order valence-corrected chi connectivity index (χ2v) is 39.0. The third-order valence-corrected chi connectivity index (χ3v) is 31.1. The monoisotopic (exact) mass is 1950 g/mol. The molecule has 0 saturated heterocycles. The van der Waals surface area contributed by atoms with E-state index < -0.39 is 38.8 Å². The van der Waals surface area contributed by atoms with Crippen molar-refractivity contribution in [3.63, 3.8) is 0 Å². The van der Waals surface area contributed by atoms with Gasteiger partial charge in [0.15, 0.2) is 12.6 Å². The van der Waals surface area contributed by atoms with Crippen molar-refractivity contribution in [2.24, 2.45) is 9.98 Å². The molecule has 0 atom stereocenters. The summed E-state index contributed by atoms with van der Waals surface area (Å²) >= 11 is 6.19. The number of nitrogens with zero attached hydrogens (tertiary/aromatic N) is 6. The molecule has 20 rings (SSSR count). The van der Waals surface area contributed by atoms with Crippen molar-refractivity contribution in [3.8, 4) is 23.3 Å². The van der Waals surface area contributed by atoms with E-state index in [9.17, 15) is 9.59 Å². The number of carbonyl (C=O) groups excluding carboxylic acids is 2. The van der Waals surface area contributed by atoms with Gasteiger partial charge in [-0.05, 0) is 124 Å². The van der Waals surface area contributed by atoms with Gasteiger partial charge in [0, 0.05) is 84.9 Å². The minimum atomic E-state index is -1.32. The van der Waals surface area contributed by atoms with Gasteiger partial charge in [-0.2, -0.15) is 0 Å². The van der Waals surface area contributed by atoms with Crippen molar-refractivity contribution in [2.75, 3.05) is 27.3 Å². The first kappa shape index (κ1) is 98.7. The number of rotatable bonds is 24. The third-order valence-electron chi connectivity index (χ3n) is 21.0. The SMILES string of the molecule is COc1cc(C=O)c(OCc2c(C3=CC=NC3)ncc3ccccc23)cn1.COc1cc(C=O)c(OCc2c(Cl)ncc3ccccc23)cn1.OB(O)C1=CC=NC1.[Pd].c1ccc(P(c2ccccc2)c2ccccc2)cc1.c1ccc(P(c2ccccc2)c2ccccc2)cc1.c1ccc(P(c2ccccc2)c2ccccc2)cc1.c1ccc(P(c2ccccc2)c2ccccc2)cc1. The Balaban J connectivity index is 0.000000135. The third kappa shape index (κ3) is 28.2. The van der Waals surface area contributed by atoms with Crippen LogP contribution in [0.4, 0.5) is 0 Å². The van der Waals surface area contributed by atoms with Crippen LogP contribution in [0.2, 0.25) is 5.15 Å². The first-order valence-corrected chi connectivity index (χ1v) is 49.1. The molecule has 0 spiro atoms. The Bertz CT molecular complexity index is 5980. The van der Waals surface area contributed by atoms with Gasteiger partial charge < -0.3 is 29.0 Å². The summed E-state index contributed by atoms with van der Waals surface area (Å²) in [5, 5.41) is 38.1. The number of hydrogen-bond donors (Lipinski definition) is 2. The van der Waals surface area contributed by atoms with E-state index in [2.05, 4.69) is 394 Å². The molecule has 0 bridgehead atoms. The van der Waals surface area contributed by atoms with E-state index in [4.69, 9.17) is 40.6 Å². The van der Waals surface area contributed by atoms with E-state index in [1.807, 2.05) is 60.8 Å². The van der Waals surface area contributed by atoms with Crippen LogP contribution in [0.25, 0.3) is 27.1 Å². The van der Waals surface area contributed by atoms with Gasteiger partial charge in [0.25, 0.3) is 0 Å². The second-order valence-electron chi connectivity index (χ2n) is 29.8. The van der Waals surface area contributed by atoms with Gasteiger partial charge in [0.05, 0.1) is 56.5 Å². The van der Waals surface area contributed by atoms with Crippen LogP contribution >= 0.6 is 43.3 Å². The predicted molar refractivity (Wildman–Crippen MR) is 563 cm³/mol. The number of methoxy groups -OCH3 is 2. The quantitative estimate of drug-likeness (QED) is 0.0253. The van der Waals surface area contributed by atoms with Gasteiger partial charge >= 0.3 is 7.12 Å². The fraction of sp³-hybridized carbons (Fsp3) is 0.0526. The van der Waals surface area contributed by atoms with Crippen LogP contribution in [-0.2, 0) is 33.6 Å². The largest absolute Gasteiger partial charge is 0.486 e. The number of carbonyl (C=O) groups is 2. The number of aromatic nitrogens is 4. The zero-order valence-electron chi connectivity index (χ0n) is 74.1. The number of pyridine rings is 4. The van der Waals surface area contributed by atoms with Gasteiger partial charge in [-0.1, -0.05) is 424 Å². The number of aliphatic imine (C=N–C) groups is 2. The maximum Gasteiger partial charge on any atom is 0.486 e. The number of fused-ring (bicyclic) bond motifs is 2. The molecule has 21 heteroatoms. The summed E-state index contributed by atoms with van der Waals surface area (Å²) < 4.78 is 21.7. The van der Waals surface area contributed by atoms with Crippen molar-refractivity contribution >= 4 is 166 Å². The minimum absolute atomic E-state index is 0. The van der Waals surface area contributed by atoms with Gasteiger partial charge in [0.1, 0.15) is 29.9 Å². The minimum Gasteiger partial charge on any atom is -0.486 e. The average molecular weight is 1950 g/mol. The van der Waals surface area contributed by atoms with E-state index in [0.29, 0.717) is 64.4 Å². The molecule has 0 radical (unpaired) electrons. The fourth-order valence-electron chi connectivity index (χ4n) is 14.5. The molecule has 670 valence electrons. The van der Waals surface area contributed by atoms with Crippen LogP contribution in [0.3, 0.4) is 0 Å². The molecule has 0 saturated carbocycles. The van der Waals surface area contributed by atoms with Crippen molar-refractivity contribution in [2.45, 2.75) is 13.2 Å². The smallest absolute Gasteiger partial charge is 0.486 e. The predicted octanol–water partition coefficient (Wildman–Crippen LogP) is 20.0. The van der Waals surface area contributed by atoms with Gasteiger partial charge in [0.2, 0.25) is 11.8 Å². The molecule has 2 N–H and O–H groups in total. The summed E-state index contributed by atoms with van der Waals surface area (Å²) in [4.78, 5) is 47.6. The van der Waals surface area contributed by atoms with E-state index in [1.54, 1.807) is 30.8 Å². The Morgan fingerprint density at radius 2 is 0.585 bits per heavy atom. The molecule has 2 aliphatic heterocycles. The van der Waals surface area contributed by atoms with Crippen LogP contribution in [0.15, 0.2) is 477 Å². The molecule has 0 aliphatic carbocycles. The van der Waals surface area contributed by atoms with Crippen LogP contribution in [0.5, 0.6) is 23.3 Å². The van der Waals surface area contributed by atoms with Gasteiger partial charge in [-0.3, -0.25) is 24.6 Å². The van der Waals surface area contributed by atoms with E-state index in [-0.39, 0.29) is 33.6 Å². The van der Waals surface area contributed by atoms with Gasteiger partial charge in [-0.15, -0.1) is 0 Å². The van der Waals surface area contributed by atoms with Crippen LogP contribution < -0.4 is 82.6 Å². The molecule has 0 fully saturated rings. The van der Waals surface area contributed by atoms with Crippen molar-refractivity contribution < 1.29 is 59.0 Å². The maximum atomic E-state index is 11.4. The fourth-order valence-corrected chi connectivity index (χ4v) is 24.0. The maximum absolute atomic E-state index is 11.4. The van der Waals surface area contributed by atoms with Crippen LogP contribution in [-0.4, -0.2) is 89.4 Å². The molecule has 2 aliphatic rings. The first-order valence-electron chi connectivity index (χ1n) is 43.3. The number of benzene rings is 14. The molecule has 135 heavy (non-hydrogen) atoms. The summed E-state index contributed by atoms with van der Waals surface area (Å²) in [5.41, 5.74) is 4.93. The molecule has 0 unspecified atom stereocenters. The Morgan fingerprint density at radius 3 is 0.837 bits per heavy atom. The Morgan fingerprint density at radius 1 is 0.326 bits per heavy atom. The zero-order chi connectivity index (χ0) is 92.5. The summed E-state index contributed by atoms with van der Waals surface area (Å²) in [6, 6.07) is 148. The molecule has 4 aromatic heterocycles. The van der Waals surface area contributed by atoms with Crippen molar-refractivity contribution in [1.29, 1.82) is 0 Å². The molecule has 14 nitrogen and oxygen atoms in total. The number of aldehydes is 2. The average Bonchev–Trinajstić information content (AvgIpc) is 1.79. The van der Waals surface area contributed by atoms with E-state index in [1.165, 1.54) is 96.3 Å². The molecule has 6 heterocycles. The van der Waals surface area contributed by atoms with Gasteiger partial charge in [-0.25, -0.2) is 15.0 Å². The number of allylic oxidation sites excluding steroid dienone is 2. The summed E-state index contributed by atoms with van der Waals surface area (Å²) in [6.07, 6.45) is 14.9. The standard InChI is InChI=1S/C21H17N3O3.4C18H15P.C17H13ClN2O3.C4H6BNO2.Pd/c1-26-20-8-16(12-25)19(11-23-20)27-13-18-17-5-3-2-4-14(17)10-24-21(18)15-6-7-22-9-15;4*1-4-10-16(11-5-1)19(17-12-6-2-7-13-17)18-14-8-3-9-15-18;1-22-16-6-12(9-21)15(8-19-16)23-10-14-13-5-3-2-4-11(13)7-20-17(14)18;7-5(8)4-1-2-6-3-4;/h2-8,10-12H,9,13H2,1H3;4*1-15H;2-9H,10H2,1H3;1-2,7-8H,3H2;. The molecular formula is C114H96BClN6O8P4Pd. The zero-order valence-corrected chi connectivity index (χ0v) is 80.0. The van der Waals surface area contributed by atoms with Crippen molar-refractivity contribution in [1.82, 2.24) is 19.9 Å². The number of ether oxygens (including phenoxy) is 4. The van der Waals surface area contributed by atoms with Crippen LogP contribution in [0, 0.1) is 0 Å². The van der Waals surface area contributed by atoms with E-state index in [0.717, 1.165) is 50.2 Å². The summed E-state index contributed by atoms with van der Waals surface area (Å²) in [5.74, 6) is 1.49. The Kier molecular flexibility index (Phi) is 38.9. The second kappa shape index (κ2) is 53.2. The summed E-state index contributed by atoms with van der Waals surface area (Å²) in [6.45, 7) is 1.47. The molecule has 14 aromatic carbocycles. The normalized spacial score (nSPS) is 11.3. The van der Waals surface area contributed by atoms with Crippen molar-refractivity contribution in [3.05, 3.63) is 500 Å². The Labute approximate surface area is 812 Å². The Hall–Kier alpha value is -13.8. The first-order chi connectivity index (χ1) is 66.1. The van der Waals surface area contributed by atoms with Crippen LogP contribution in [0.1, 0.15) is 37.5 Å².